The van der Waals surface area contributed by atoms with Gasteiger partial charge in [-0.3, -0.25) is 0 Å². The minimum absolute atomic E-state index is 0.338. The number of hydrogen-bond donors (Lipinski definition) is 0. The molecule has 4 heteroatoms. The van der Waals surface area contributed by atoms with Gasteiger partial charge in [0.05, 0.1) is 6.21 Å². The zero-order valence-electron chi connectivity index (χ0n) is 13.2. The maximum absolute atomic E-state index is 12.0. The van der Waals surface area contributed by atoms with Gasteiger partial charge in [0.2, 0.25) is 0 Å². The Labute approximate surface area is 127 Å². The molecule has 0 fully saturated rings. The van der Waals surface area contributed by atoms with E-state index in [4.69, 9.17) is 0 Å². The van der Waals surface area contributed by atoms with Crippen molar-refractivity contribution >= 4 is 25.7 Å². The second-order valence-electron chi connectivity index (χ2n) is 6.68. The summed E-state index contributed by atoms with van der Waals surface area (Å²) in [5, 5.41) is 0. The molecule has 0 heterocycles. The Morgan fingerprint density at radius 2 is 1.80 bits per heavy atom. The Balaban J connectivity index is 3.02. The first-order valence-corrected chi connectivity index (χ1v) is 11.3. The number of rotatable bonds is 2. The van der Waals surface area contributed by atoms with Crippen molar-refractivity contribution in [3.63, 3.8) is 0 Å². The van der Waals surface area contributed by atoms with Crippen LogP contribution in [0, 0.1) is 11.5 Å². The average Bonchev–Trinajstić information content (AvgIpc) is 2.32. The number of nitrogens with zero attached hydrogens (tertiary/aromatic N) is 1. The van der Waals surface area contributed by atoms with Crippen molar-refractivity contribution in [1.82, 2.24) is 0 Å². The van der Waals surface area contributed by atoms with Gasteiger partial charge in [-0.15, -0.1) is 5.54 Å². The zero-order chi connectivity index (χ0) is 15.4. The molecule has 0 saturated heterocycles. The van der Waals surface area contributed by atoms with E-state index in [1.54, 1.807) is 6.21 Å². The van der Waals surface area contributed by atoms with Crippen molar-refractivity contribution in [1.29, 1.82) is 0 Å². The summed E-state index contributed by atoms with van der Waals surface area (Å²) in [4.78, 5) is 0. The summed E-state index contributed by atoms with van der Waals surface area (Å²) in [7, 11) is -1.40. The van der Waals surface area contributed by atoms with Gasteiger partial charge in [-0.2, -0.15) is 0 Å². The number of benzene rings is 1. The molecule has 108 valence electrons. The Morgan fingerprint density at radius 3 is 2.35 bits per heavy atom. The minimum atomic E-state index is -1.40. The van der Waals surface area contributed by atoms with E-state index in [1.807, 2.05) is 45.0 Å². The second kappa shape index (κ2) is 6.62. The van der Waals surface area contributed by atoms with E-state index >= 15 is 0 Å². The van der Waals surface area contributed by atoms with Gasteiger partial charge in [-0.25, -0.2) is 0 Å². The van der Waals surface area contributed by atoms with E-state index in [-0.39, 0.29) is 4.75 Å². The highest BCUT2D eigenvalue weighted by Gasteiger charge is 2.25. The van der Waals surface area contributed by atoms with Crippen molar-refractivity contribution in [2.45, 2.75) is 45.2 Å². The van der Waals surface area contributed by atoms with Crippen molar-refractivity contribution in [3.05, 3.63) is 35.4 Å². The molecule has 0 aliphatic heterocycles. The Hall–Kier alpha value is -1.02. The summed E-state index contributed by atoms with van der Waals surface area (Å²) < 4.78 is 15.8. The third-order valence-electron chi connectivity index (χ3n) is 2.34. The van der Waals surface area contributed by atoms with Crippen LogP contribution < -0.4 is 0 Å². The van der Waals surface area contributed by atoms with Gasteiger partial charge in [-0.05, 0) is 26.8 Å². The van der Waals surface area contributed by atoms with Crippen LogP contribution in [0.15, 0.2) is 28.7 Å². The lowest BCUT2D eigenvalue weighted by atomic mass is 10.1. The highest BCUT2D eigenvalue weighted by Crippen LogP contribution is 2.17. The molecule has 2 nitrogen and oxygen atoms in total. The van der Waals surface area contributed by atoms with Crippen LogP contribution in [-0.4, -0.2) is 23.6 Å². The molecule has 1 aromatic carbocycles. The van der Waals surface area contributed by atoms with E-state index in [2.05, 4.69) is 35.5 Å². The van der Waals surface area contributed by atoms with Gasteiger partial charge in [0.25, 0.3) is 0 Å². The first-order valence-electron chi connectivity index (χ1n) is 6.68. The van der Waals surface area contributed by atoms with E-state index in [1.165, 1.54) is 0 Å². The zero-order valence-corrected chi connectivity index (χ0v) is 15.0. The SMILES string of the molecule is CC(C)(C)[S+]([O-])/N=C/c1ccccc1C#C[Si](C)(C)C. The molecule has 0 saturated carbocycles. The first kappa shape index (κ1) is 17.0. The van der Waals surface area contributed by atoms with Crippen LogP contribution in [0.25, 0.3) is 0 Å². The monoisotopic (exact) mass is 305 g/mol. The third kappa shape index (κ3) is 5.95. The maximum Gasteiger partial charge on any atom is 0.144 e. The summed E-state index contributed by atoms with van der Waals surface area (Å²) in [5.74, 6) is 3.24. The van der Waals surface area contributed by atoms with E-state index in [9.17, 15) is 4.55 Å². The normalized spacial score (nSPS) is 13.9. The Morgan fingerprint density at radius 1 is 1.20 bits per heavy atom. The predicted molar refractivity (Wildman–Crippen MR) is 92.2 cm³/mol. The minimum Gasteiger partial charge on any atom is -0.591 e. The van der Waals surface area contributed by atoms with E-state index in [0.717, 1.165) is 11.1 Å². The fourth-order valence-electron chi connectivity index (χ4n) is 1.24. The maximum atomic E-state index is 12.0. The van der Waals surface area contributed by atoms with Crippen LogP contribution in [-0.2, 0) is 11.4 Å². The number of hydrogen-bond acceptors (Lipinski definition) is 2. The first-order chi connectivity index (χ1) is 9.09. The molecule has 0 aliphatic rings. The van der Waals surface area contributed by atoms with Crippen molar-refractivity contribution in [3.8, 4) is 11.5 Å². The highest BCUT2D eigenvalue weighted by molar-refractivity contribution is 7.91. The van der Waals surface area contributed by atoms with Crippen LogP contribution >= 0.6 is 0 Å². The molecule has 0 radical (unpaired) electrons. The molecule has 0 N–H and O–H groups in total. The highest BCUT2D eigenvalue weighted by atomic mass is 32.2. The van der Waals surface area contributed by atoms with E-state index < -0.39 is 19.4 Å². The largest absolute Gasteiger partial charge is 0.591 e. The summed E-state index contributed by atoms with van der Waals surface area (Å²) in [6.45, 7) is 12.4. The molecule has 0 amide bonds. The van der Waals surface area contributed by atoms with Crippen LogP contribution in [0.4, 0.5) is 0 Å². The molecule has 0 spiro atoms. The van der Waals surface area contributed by atoms with Gasteiger partial charge >= 0.3 is 0 Å². The molecule has 0 aliphatic carbocycles. The third-order valence-corrected chi connectivity index (χ3v) is 4.56. The van der Waals surface area contributed by atoms with Crippen LogP contribution in [0.1, 0.15) is 31.9 Å². The smallest absolute Gasteiger partial charge is 0.144 e. The van der Waals surface area contributed by atoms with Crippen molar-refractivity contribution < 1.29 is 4.55 Å². The molecule has 20 heavy (non-hydrogen) atoms. The van der Waals surface area contributed by atoms with Gasteiger partial charge in [-0.1, -0.05) is 48.2 Å². The van der Waals surface area contributed by atoms with Crippen LogP contribution in [0.2, 0.25) is 19.6 Å². The Kier molecular flexibility index (Phi) is 5.64. The molecule has 1 rings (SSSR count). The molecule has 0 bridgehead atoms. The molecule has 1 aromatic rings. The fourth-order valence-corrected chi connectivity index (χ4v) is 2.28. The van der Waals surface area contributed by atoms with Crippen LogP contribution in [0.3, 0.4) is 0 Å². The quantitative estimate of drug-likeness (QED) is 0.354. The lowest BCUT2D eigenvalue weighted by Gasteiger charge is -2.17. The summed E-state index contributed by atoms with van der Waals surface area (Å²) in [6.07, 6.45) is 1.68. The van der Waals surface area contributed by atoms with Gasteiger partial charge < -0.3 is 4.55 Å². The molecule has 1 unspecified atom stereocenters. The predicted octanol–water partition coefficient (Wildman–Crippen LogP) is 3.80. The van der Waals surface area contributed by atoms with E-state index in [0.29, 0.717) is 0 Å². The van der Waals surface area contributed by atoms with Gasteiger partial charge in [0, 0.05) is 11.1 Å². The van der Waals surface area contributed by atoms with Gasteiger partial charge in [0.1, 0.15) is 24.2 Å². The lowest BCUT2D eigenvalue weighted by Crippen LogP contribution is -2.25. The standard InChI is InChI=1S/C16H23NOSSi/c1-16(2,3)19(18)17-13-15-10-8-7-9-14(15)11-12-20(4,5)6/h7-10,13H,1-6H3/b17-13+. The van der Waals surface area contributed by atoms with Crippen molar-refractivity contribution in [2.24, 2.45) is 4.40 Å². The topological polar surface area (TPSA) is 35.4 Å². The molecular formula is C16H23NOSSi. The summed E-state index contributed by atoms with van der Waals surface area (Å²) in [6, 6.07) is 7.85. The Bertz CT molecular complexity index is 544. The summed E-state index contributed by atoms with van der Waals surface area (Å²) >= 11 is -1.24. The van der Waals surface area contributed by atoms with Gasteiger partial charge in [0.15, 0.2) is 0 Å². The van der Waals surface area contributed by atoms with Crippen molar-refractivity contribution in [2.75, 3.05) is 0 Å². The fraction of sp³-hybridized carbons (Fsp3) is 0.438. The second-order valence-corrected chi connectivity index (χ2v) is 13.4. The van der Waals surface area contributed by atoms with Crippen LogP contribution in [0.5, 0.6) is 0 Å². The molecule has 1 atom stereocenters. The molecular weight excluding hydrogens is 282 g/mol. The average molecular weight is 306 g/mol. The lowest BCUT2D eigenvalue weighted by molar-refractivity contribution is 0.562. The molecule has 0 aromatic heterocycles. The summed E-state index contributed by atoms with van der Waals surface area (Å²) in [5.41, 5.74) is 5.22.